The van der Waals surface area contributed by atoms with E-state index in [4.69, 9.17) is 0 Å². The first-order chi connectivity index (χ1) is 10.9. The normalized spacial score (nSPS) is 11.0. The Balaban J connectivity index is 1.92. The number of sulfonamides is 1. The Morgan fingerprint density at radius 1 is 1.09 bits per heavy atom. The largest absolute Gasteiger partial charge is 0.351 e. The quantitative estimate of drug-likeness (QED) is 0.815. The van der Waals surface area contributed by atoms with Crippen LogP contribution in [-0.2, 0) is 10.0 Å². The fourth-order valence-corrected chi connectivity index (χ4v) is 3.27. The lowest BCUT2D eigenvalue weighted by molar-refractivity contribution is 0.0956. The van der Waals surface area contributed by atoms with Gasteiger partial charge in [-0.1, -0.05) is 34.1 Å². The molecule has 0 bridgehead atoms. The van der Waals surface area contributed by atoms with Gasteiger partial charge in [0.2, 0.25) is 10.0 Å². The molecule has 0 fully saturated rings. The van der Waals surface area contributed by atoms with E-state index >= 15 is 0 Å². The summed E-state index contributed by atoms with van der Waals surface area (Å²) in [5.41, 5.74) is 1.08. The van der Waals surface area contributed by atoms with Crippen molar-refractivity contribution in [2.45, 2.75) is 0 Å². The second kappa shape index (κ2) is 7.61. The molecule has 0 radical (unpaired) electrons. The lowest BCUT2D eigenvalue weighted by Crippen LogP contribution is -2.35. The Kier molecular flexibility index (Phi) is 5.79. The summed E-state index contributed by atoms with van der Waals surface area (Å²) in [4.78, 5) is 11.9. The molecule has 0 saturated heterocycles. The highest BCUT2D eigenvalue weighted by Gasteiger charge is 2.18. The minimum Gasteiger partial charge on any atom is -0.351 e. The van der Waals surface area contributed by atoms with E-state index in [1.165, 1.54) is 11.4 Å². The van der Waals surface area contributed by atoms with Gasteiger partial charge in [-0.2, -0.15) is 0 Å². The number of anilines is 1. The number of rotatable bonds is 6. The molecule has 0 atom stereocenters. The van der Waals surface area contributed by atoms with Gasteiger partial charge in [0.05, 0.1) is 11.4 Å². The van der Waals surface area contributed by atoms with Crippen LogP contribution in [0.4, 0.5) is 5.69 Å². The SMILES string of the molecule is CN(c1ccccc1)S(=O)(=O)CCNC(=O)c1ccc(Br)cc1. The Bertz CT molecular complexity index is 762. The molecule has 5 nitrogen and oxygen atoms in total. The lowest BCUT2D eigenvalue weighted by atomic mass is 10.2. The third-order valence-corrected chi connectivity index (χ3v) is 5.58. The number of hydrogen-bond acceptors (Lipinski definition) is 3. The number of carbonyl (C=O) groups is 1. The highest BCUT2D eigenvalue weighted by molar-refractivity contribution is 9.10. The first kappa shape index (κ1) is 17.5. The summed E-state index contributed by atoms with van der Waals surface area (Å²) in [6.45, 7) is 0.0500. The van der Waals surface area contributed by atoms with Crippen molar-refractivity contribution < 1.29 is 13.2 Å². The van der Waals surface area contributed by atoms with Crippen LogP contribution in [-0.4, -0.2) is 33.7 Å². The highest BCUT2D eigenvalue weighted by atomic mass is 79.9. The van der Waals surface area contributed by atoms with Crippen molar-refractivity contribution in [3.63, 3.8) is 0 Å². The summed E-state index contributed by atoms with van der Waals surface area (Å²) < 4.78 is 26.6. The monoisotopic (exact) mass is 396 g/mol. The number of nitrogens with one attached hydrogen (secondary N) is 1. The zero-order valence-corrected chi connectivity index (χ0v) is 15.0. The predicted molar refractivity (Wildman–Crippen MR) is 95.1 cm³/mol. The van der Waals surface area contributed by atoms with E-state index in [1.807, 2.05) is 6.07 Å². The minimum atomic E-state index is -3.49. The van der Waals surface area contributed by atoms with E-state index < -0.39 is 10.0 Å². The molecule has 0 aromatic heterocycles. The van der Waals surface area contributed by atoms with Gasteiger partial charge in [-0.15, -0.1) is 0 Å². The van der Waals surface area contributed by atoms with Gasteiger partial charge in [0, 0.05) is 23.6 Å². The van der Waals surface area contributed by atoms with Crippen molar-refractivity contribution in [3.05, 3.63) is 64.6 Å². The fourth-order valence-electron chi connectivity index (χ4n) is 1.93. The van der Waals surface area contributed by atoms with E-state index in [2.05, 4.69) is 21.2 Å². The Hall–Kier alpha value is -1.86. The van der Waals surface area contributed by atoms with Crippen molar-refractivity contribution in [1.29, 1.82) is 0 Å². The molecule has 0 heterocycles. The number of amides is 1. The molecule has 23 heavy (non-hydrogen) atoms. The third-order valence-electron chi connectivity index (χ3n) is 3.29. The van der Waals surface area contributed by atoms with Crippen LogP contribution in [0.25, 0.3) is 0 Å². The summed E-state index contributed by atoms with van der Waals surface area (Å²) in [6.07, 6.45) is 0. The number of hydrogen-bond donors (Lipinski definition) is 1. The van der Waals surface area contributed by atoms with Crippen LogP contribution < -0.4 is 9.62 Å². The molecule has 0 aliphatic rings. The topological polar surface area (TPSA) is 66.5 Å². The smallest absolute Gasteiger partial charge is 0.251 e. The van der Waals surface area contributed by atoms with Crippen molar-refractivity contribution >= 4 is 37.5 Å². The van der Waals surface area contributed by atoms with Gasteiger partial charge in [-0.3, -0.25) is 9.10 Å². The van der Waals surface area contributed by atoms with Crippen LogP contribution in [0.5, 0.6) is 0 Å². The van der Waals surface area contributed by atoms with E-state index in [0.29, 0.717) is 11.3 Å². The maximum Gasteiger partial charge on any atom is 0.251 e. The average Bonchev–Trinajstić information content (AvgIpc) is 2.55. The van der Waals surface area contributed by atoms with Gasteiger partial charge < -0.3 is 5.32 Å². The maximum atomic E-state index is 12.3. The Labute approximate surface area is 144 Å². The molecule has 122 valence electrons. The molecule has 2 aromatic carbocycles. The standard InChI is InChI=1S/C16H17BrN2O3S/c1-19(15-5-3-2-4-6-15)23(21,22)12-11-18-16(20)13-7-9-14(17)10-8-13/h2-10H,11-12H2,1H3,(H,18,20). The second-order valence-electron chi connectivity index (χ2n) is 4.88. The molecule has 0 aliphatic carbocycles. The van der Waals surface area contributed by atoms with E-state index in [1.54, 1.807) is 48.5 Å². The maximum absolute atomic E-state index is 12.3. The van der Waals surface area contributed by atoms with Crippen LogP contribution >= 0.6 is 15.9 Å². The second-order valence-corrected chi connectivity index (χ2v) is 7.92. The lowest BCUT2D eigenvalue weighted by Gasteiger charge is -2.19. The molecular weight excluding hydrogens is 380 g/mol. The molecular formula is C16H17BrN2O3S. The van der Waals surface area contributed by atoms with E-state index in [-0.39, 0.29) is 18.2 Å². The van der Waals surface area contributed by atoms with Gasteiger partial charge in [-0.05, 0) is 36.4 Å². The van der Waals surface area contributed by atoms with Gasteiger partial charge in [0.15, 0.2) is 0 Å². The zero-order valence-electron chi connectivity index (χ0n) is 12.6. The molecule has 0 spiro atoms. The zero-order chi connectivity index (χ0) is 16.9. The van der Waals surface area contributed by atoms with Crippen LogP contribution in [0, 0.1) is 0 Å². The Morgan fingerprint density at radius 2 is 1.70 bits per heavy atom. The summed E-state index contributed by atoms with van der Waals surface area (Å²) in [7, 11) is -1.99. The average molecular weight is 397 g/mol. The van der Waals surface area contributed by atoms with Crippen molar-refractivity contribution in [2.75, 3.05) is 23.7 Å². The molecule has 0 unspecified atom stereocenters. The van der Waals surface area contributed by atoms with Crippen molar-refractivity contribution in [2.24, 2.45) is 0 Å². The first-order valence-electron chi connectivity index (χ1n) is 6.95. The van der Waals surface area contributed by atoms with Gasteiger partial charge in [0.1, 0.15) is 0 Å². The number of halogens is 1. The molecule has 0 aliphatic heterocycles. The van der Waals surface area contributed by atoms with E-state index in [0.717, 1.165) is 4.47 Å². The number of benzene rings is 2. The summed E-state index contributed by atoms with van der Waals surface area (Å²) in [5, 5.41) is 2.62. The third kappa shape index (κ3) is 4.80. The molecule has 1 N–H and O–H groups in total. The van der Waals surface area contributed by atoms with Crippen LogP contribution in [0.15, 0.2) is 59.1 Å². The number of nitrogens with zero attached hydrogens (tertiary/aromatic N) is 1. The van der Waals surface area contributed by atoms with Gasteiger partial charge >= 0.3 is 0 Å². The summed E-state index contributed by atoms with van der Waals surface area (Å²) in [6, 6.07) is 15.7. The summed E-state index contributed by atoms with van der Waals surface area (Å²) >= 11 is 3.29. The van der Waals surface area contributed by atoms with Gasteiger partial charge in [0.25, 0.3) is 5.91 Å². The van der Waals surface area contributed by atoms with Crippen molar-refractivity contribution in [3.8, 4) is 0 Å². The van der Waals surface area contributed by atoms with Crippen LogP contribution in [0.2, 0.25) is 0 Å². The van der Waals surface area contributed by atoms with Gasteiger partial charge in [-0.25, -0.2) is 8.42 Å². The number of carbonyl (C=O) groups excluding carboxylic acids is 1. The number of para-hydroxylation sites is 1. The minimum absolute atomic E-state index is 0.0500. The predicted octanol–water partition coefficient (Wildman–Crippen LogP) is 2.65. The van der Waals surface area contributed by atoms with Crippen LogP contribution in [0.1, 0.15) is 10.4 Å². The Morgan fingerprint density at radius 3 is 2.30 bits per heavy atom. The highest BCUT2D eigenvalue weighted by Crippen LogP contribution is 2.15. The van der Waals surface area contributed by atoms with E-state index in [9.17, 15) is 13.2 Å². The van der Waals surface area contributed by atoms with Crippen molar-refractivity contribution in [1.82, 2.24) is 5.32 Å². The molecule has 2 aromatic rings. The molecule has 2 rings (SSSR count). The molecule has 0 saturated carbocycles. The molecule has 7 heteroatoms. The molecule has 1 amide bonds. The first-order valence-corrected chi connectivity index (χ1v) is 9.36. The van der Waals surface area contributed by atoms with Crippen LogP contribution in [0.3, 0.4) is 0 Å². The fraction of sp³-hybridized carbons (Fsp3) is 0.188. The summed E-state index contributed by atoms with van der Waals surface area (Å²) in [5.74, 6) is -0.462.